The third kappa shape index (κ3) is 5.01. The first-order chi connectivity index (χ1) is 28.2. The maximum atomic E-state index is 6.44. The van der Waals surface area contributed by atoms with Gasteiger partial charge in [0.25, 0.3) is 0 Å². The monoisotopic (exact) mass is 730 g/mol. The number of fused-ring (bicyclic) bond motifs is 9. The number of benzene rings is 8. The van der Waals surface area contributed by atoms with Crippen molar-refractivity contribution in [1.29, 1.82) is 0 Å². The molecule has 12 aromatic rings. The molecule has 0 spiro atoms. The van der Waals surface area contributed by atoms with Crippen LogP contribution in [0.5, 0.6) is 0 Å². The highest BCUT2D eigenvalue weighted by atomic mass is 16.3. The van der Waals surface area contributed by atoms with Crippen LogP contribution in [0.3, 0.4) is 0 Å². The molecule has 4 aromatic heterocycles. The quantitative estimate of drug-likeness (QED) is 0.176. The summed E-state index contributed by atoms with van der Waals surface area (Å²) in [6, 6.07) is 62.9. The maximum Gasteiger partial charge on any atom is 0.167 e. The zero-order valence-corrected chi connectivity index (χ0v) is 30.4. The summed E-state index contributed by atoms with van der Waals surface area (Å²) >= 11 is 0. The van der Waals surface area contributed by atoms with Crippen molar-refractivity contribution in [3.63, 3.8) is 0 Å². The molecule has 6 heteroatoms. The summed E-state index contributed by atoms with van der Waals surface area (Å²) in [7, 11) is 0. The zero-order chi connectivity index (χ0) is 37.5. The second kappa shape index (κ2) is 12.3. The first-order valence-corrected chi connectivity index (χ1v) is 19.0. The Labute approximate surface area is 325 Å². The van der Waals surface area contributed by atoms with Crippen molar-refractivity contribution in [1.82, 2.24) is 19.5 Å². The maximum absolute atomic E-state index is 6.44. The Balaban J connectivity index is 0.957. The van der Waals surface area contributed by atoms with Crippen molar-refractivity contribution in [2.75, 3.05) is 0 Å². The summed E-state index contributed by atoms with van der Waals surface area (Å²) in [5.41, 5.74) is 11.5. The average Bonchev–Trinajstić information content (AvgIpc) is 3.96. The number of nitrogens with zero attached hydrogens (tertiary/aromatic N) is 4. The smallest absolute Gasteiger partial charge is 0.167 e. The van der Waals surface area contributed by atoms with Crippen LogP contribution in [0.2, 0.25) is 0 Å². The number of para-hydroxylation sites is 5. The highest BCUT2D eigenvalue weighted by Gasteiger charge is 2.19. The third-order valence-electron chi connectivity index (χ3n) is 11.1. The minimum absolute atomic E-state index is 0.536. The van der Waals surface area contributed by atoms with Gasteiger partial charge in [0.05, 0.1) is 16.6 Å². The molecule has 0 saturated heterocycles. The molecule has 0 radical (unpaired) electrons. The number of furan rings is 2. The number of hydrogen-bond donors (Lipinski definition) is 0. The topological polar surface area (TPSA) is 69.9 Å². The molecule has 0 unspecified atom stereocenters. The normalized spacial score (nSPS) is 11.9. The van der Waals surface area contributed by atoms with Gasteiger partial charge in [-0.15, -0.1) is 0 Å². The van der Waals surface area contributed by atoms with Crippen LogP contribution in [-0.4, -0.2) is 19.5 Å². The minimum Gasteiger partial charge on any atom is -0.456 e. The van der Waals surface area contributed by atoms with E-state index in [0.29, 0.717) is 17.5 Å². The van der Waals surface area contributed by atoms with Crippen LogP contribution in [0.1, 0.15) is 0 Å². The van der Waals surface area contributed by atoms with Gasteiger partial charge in [0.1, 0.15) is 22.3 Å². The summed E-state index contributed by atoms with van der Waals surface area (Å²) in [5, 5.41) is 6.70. The van der Waals surface area contributed by atoms with Crippen molar-refractivity contribution >= 4 is 65.7 Å². The first kappa shape index (κ1) is 31.5. The molecule has 12 rings (SSSR count). The van der Waals surface area contributed by atoms with Crippen LogP contribution in [0, 0.1) is 0 Å². The van der Waals surface area contributed by atoms with Crippen LogP contribution < -0.4 is 0 Å². The van der Waals surface area contributed by atoms with Gasteiger partial charge in [0, 0.05) is 49.1 Å². The average molecular weight is 731 g/mol. The molecule has 0 bridgehead atoms. The fourth-order valence-electron chi connectivity index (χ4n) is 8.36. The lowest BCUT2D eigenvalue weighted by Crippen LogP contribution is -2.00. The fourth-order valence-corrected chi connectivity index (χ4v) is 8.36. The van der Waals surface area contributed by atoms with Crippen LogP contribution in [0.15, 0.2) is 191 Å². The number of aromatic nitrogens is 4. The molecule has 0 fully saturated rings. The van der Waals surface area contributed by atoms with E-state index in [1.807, 2.05) is 54.6 Å². The van der Waals surface area contributed by atoms with Gasteiger partial charge in [-0.05, 0) is 65.7 Å². The molecule has 6 nitrogen and oxygen atoms in total. The second-order valence-corrected chi connectivity index (χ2v) is 14.4. The van der Waals surface area contributed by atoms with Crippen molar-refractivity contribution in [2.24, 2.45) is 0 Å². The van der Waals surface area contributed by atoms with Gasteiger partial charge < -0.3 is 13.4 Å². The highest BCUT2D eigenvalue weighted by Crippen LogP contribution is 2.38. The van der Waals surface area contributed by atoms with Gasteiger partial charge in [0.15, 0.2) is 17.5 Å². The molecule has 0 atom stereocenters. The summed E-state index contributed by atoms with van der Waals surface area (Å²) < 4.78 is 15.1. The minimum atomic E-state index is 0.536. The van der Waals surface area contributed by atoms with E-state index in [4.69, 9.17) is 23.8 Å². The number of hydrogen-bond acceptors (Lipinski definition) is 5. The van der Waals surface area contributed by atoms with Gasteiger partial charge in [-0.3, -0.25) is 0 Å². The molecule has 4 heterocycles. The predicted molar refractivity (Wildman–Crippen MR) is 230 cm³/mol. The molecule has 57 heavy (non-hydrogen) atoms. The molecular formula is C51H30N4O2. The molecule has 0 aliphatic carbocycles. The second-order valence-electron chi connectivity index (χ2n) is 14.4. The predicted octanol–water partition coefficient (Wildman–Crippen LogP) is 13.4. The van der Waals surface area contributed by atoms with Gasteiger partial charge in [-0.1, -0.05) is 127 Å². The zero-order valence-electron chi connectivity index (χ0n) is 30.4. The molecular weight excluding hydrogens is 701 g/mol. The lowest BCUT2D eigenvalue weighted by atomic mass is 10.0. The van der Waals surface area contributed by atoms with E-state index in [1.165, 1.54) is 21.8 Å². The van der Waals surface area contributed by atoms with Crippen molar-refractivity contribution < 1.29 is 8.83 Å². The van der Waals surface area contributed by atoms with E-state index in [2.05, 4.69) is 132 Å². The molecule has 0 saturated carbocycles. The van der Waals surface area contributed by atoms with Crippen LogP contribution in [-0.2, 0) is 0 Å². The molecule has 266 valence electrons. The Morgan fingerprint density at radius 1 is 0.333 bits per heavy atom. The first-order valence-electron chi connectivity index (χ1n) is 19.0. The Hall–Kier alpha value is -7.83. The van der Waals surface area contributed by atoms with E-state index in [-0.39, 0.29) is 0 Å². The van der Waals surface area contributed by atoms with Gasteiger partial charge in [-0.2, -0.15) is 0 Å². The summed E-state index contributed by atoms with van der Waals surface area (Å²) in [4.78, 5) is 15.3. The van der Waals surface area contributed by atoms with Crippen molar-refractivity contribution in [3.05, 3.63) is 182 Å². The van der Waals surface area contributed by atoms with Crippen molar-refractivity contribution in [2.45, 2.75) is 0 Å². The van der Waals surface area contributed by atoms with E-state index in [9.17, 15) is 0 Å². The van der Waals surface area contributed by atoms with Crippen LogP contribution in [0.4, 0.5) is 0 Å². The Bertz CT molecular complexity index is 3470. The van der Waals surface area contributed by atoms with Crippen LogP contribution >= 0.6 is 0 Å². The fraction of sp³-hybridized carbons (Fsp3) is 0. The van der Waals surface area contributed by atoms with Gasteiger partial charge in [-0.25, -0.2) is 15.0 Å². The SMILES string of the molecule is c1ccc2c(c1)oc1cc(-c3nc(-c4ccc(-c5ccc(-n6c7ccccc7c7ccccc76)cc5)cc4)nc(-c4cccc5c4oc4ccccc45)n3)ccc12. The van der Waals surface area contributed by atoms with Gasteiger partial charge in [0.2, 0.25) is 0 Å². The Morgan fingerprint density at radius 3 is 1.53 bits per heavy atom. The molecule has 0 aliphatic rings. The van der Waals surface area contributed by atoms with Crippen molar-refractivity contribution in [3.8, 4) is 51.0 Å². The third-order valence-corrected chi connectivity index (χ3v) is 11.1. The lowest BCUT2D eigenvalue weighted by molar-refractivity contribution is 0.668. The summed E-state index contributed by atoms with van der Waals surface area (Å²) in [6.07, 6.45) is 0. The molecule has 8 aromatic carbocycles. The lowest BCUT2D eigenvalue weighted by Gasteiger charge is -2.11. The van der Waals surface area contributed by atoms with E-state index in [1.54, 1.807) is 0 Å². The molecule has 0 N–H and O–H groups in total. The van der Waals surface area contributed by atoms with E-state index in [0.717, 1.165) is 77.4 Å². The number of rotatable bonds is 5. The molecule has 0 amide bonds. The highest BCUT2D eigenvalue weighted by molar-refractivity contribution is 6.10. The Kier molecular flexibility index (Phi) is 6.83. The summed E-state index contributed by atoms with van der Waals surface area (Å²) in [5.74, 6) is 1.66. The molecule has 0 aliphatic heterocycles. The van der Waals surface area contributed by atoms with E-state index >= 15 is 0 Å². The summed E-state index contributed by atoms with van der Waals surface area (Å²) in [6.45, 7) is 0. The standard InChI is InChI=1S/C51H30N4O2/c1-5-16-43-36(10-1)37-11-2-6-17-44(37)55(43)35-27-24-32(25-28-35)31-20-22-33(23-21-31)49-52-50(34-26-29-40-38-12-3-7-18-45(38)56-47(40)30-34)54-51(53-49)42-15-9-14-41-39-13-4-8-19-46(39)57-48(41)42/h1-30H. The Morgan fingerprint density at radius 2 is 0.825 bits per heavy atom. The van der Waals surface area contributed by atoms with Crippen LogP contribution in [0.25, 0.3) is 117 Å². The van der Waals surface area contributed by atoms with E-state index < -0.39 is 0 Å². The van der Waals surface area contributed by atoms with Gasteiger partial charge >= 0.3 is 0 Å². The largest absolute Gasteiger partial charge is 0.456 e.